The van der Waals surface area contributed by atoms with Crippen molar-refractivity contribution >= 4 is 34.9 Å². The molecular weight excluding hydrogens is 421 g/mol. The second-order valence-corrected chi connectivity index (χ2v) is 9.41. The highest BCUT2D eigenvalue weighted by atomic mass is 35.5. The van der Waals surface area contributed by atoms with Crippen LogP contribution in [-0.4, -0.2) is 42.3 Å². The maximum atomic E-state index is 15.5. The lowest BCUT2D eigenvalue weighted by Crippen LogP contribution is -2.35. The first-order valence-corrected chi connectivity index (χ1v) is 10.4. The fourth-order valence-electron chi connectivity index (χ4n) is 4.89. The molecular formula is C22H25ClFN5O2. The predicted molar refractivity (Wildman–Crippen MR) is 118 cm³/mol. The number of carbonyl (C=O) groups excluding carboxylic acids is 2. The number of hydrogen-bond acceptors (Lipinski definition) is 5. The van der Waals surface area contributed by atoms with Crippen molar-refractivity contribution in [3.8, 4) is 11.1 Å². The van der Waals surface area contributed by atoms with Gasteiger partial charge in [-0.3, -0.25) is 9.59 Å². The average Bonchev–Trinajstić information content (AvgIpc) is 3.24. The van der Waals surface area contributed by atoms with Gasteiger partial charge in [0.05, 0.1) is 10.6 Å². The number of nitrogens with one attached hydrogen (secondary N) is 1. The fraction of sp³-hybridized carbons (Fsp3) is 0.409. The third-order valence-electron chi connectivity index (χ3n) is 6.70. The molecule has 1 aromatic carbocycles. The van der Waals surface area contributed by atoms with Gasteiger partial charge in [0.2, 0.25) is 5.91 Å². The molecule has 1 aromatic heterocycles. The largest absolute Gasteiger partial charge is 0.398 e. The van der Waals surface area contributed by atoms with Crippen LogP contribution in [0.15, 0.2) is 18.3 Å². The van der Waals surface area contributed by atoms with E-state index in [1.54, 1.807) is 0 Å². The number of benzene rings is 1. The molecule has 0 bridgehead atoms. The zero-order valence-electron chi connectivity index (χ0n) is 17.7. The predicted octanol–water partition coefficient (Wildman–Crippen LogP) is 3.16. The zero-order valence-corrected chi connectivity index (χ0v) is 18.4. The Balaban J connectivity index is 1.86. The van der Waals surface area contributed by atoms with Crippen LogP contribution < -0.4 is 16.8 Å². The number of nitrogens with two attached hydrogens (primary N) is 2. The molecule has 2 aliphatic rings. The standard InChI is InChI=1S/C22H25ClFN5O2/c1-21(20(26)31)6-7-22(9-21)10-28-18-15(22)16(23)12(8-27-18)11-4-5-13(25)14(17(11)24)19(30)29(2)3/h4-5,8H,6-7,9-10,25H2,1-3H3,(H2,26,31)(H,27,28)/t21-,22-/m0/s1. The summed E-state index contributed by atoms with van der Waals surface area (Å²) in [6.07, 6.45) is 3.39. The van der Waals surface area contributed by atoms with E-state index in [0.29, 0.717) is 42.2 Å². The van der Waals surface area contributed by atoms with Gasteiger partial charge in [-0.15, -0.1) is 0 Å². The van der Waals surface area contributed by atoms with E-state index in [0.717, 1.165) is 5.56 Å². The monoisotopic (exact) mass is 445 g/mol. The van der Waals surface area contributed by atoms with Crippen LogP contribution in [0, 0.1) is 11.2 Å². The number of carbonyl (C=O) groups is 2. The van der Waals surface area contributed by atoms with Crippen LogP contribution in [0.3, 0.4) is 0 Å². The molecule has 1 spiro atoms. The van der Waals surface area contributed by atoms with E-state index in [1.807, 2.05) is 6.92 Å². The molecule has 2 heterocycles. The third-order valence-corrected chi connectivity index (χ3v) is 7.10. The Morgan fingerprint density at radius 3 is 2.58 bits per heavy atom. The molecule has 4 rings (SSSR count). The molecule has 1 saturated carbocycles. The van der Waals surface area contributed by atoms with Gasteiger partial charge in [0.25, 0.3) is 5.91 Å². The van der Waals surface area contributed by atoms with Gasteiger partial charge in [-0.05, 0) is 31.4 Å². The summed E-state index contributed by atoms with van der Waals surface area (Å²) in [6.45, 7) is 2.45. The molecule has 0 radical (unpaired) electrons. The van der Waals surface area contributed by atoms with Crippen molar-refractivity contribution in [3.63, 3.8) is 0 Å². The van der Waals surface area contributed by atoms with Gasteiger partial charge in [-0.2, -0.15) is 0 Å². The Hall–Kier alpha value is -2.87. The molecule has 0 unspecified atom stereocenters. The number of nitrogens with zero attached hydrogens (tertiary/aromatic N) is 2. The number of amides is 2. The van der Waals surface area contributed by atoms with E-state index in [1.165, 1.54) is 37.3 Å². The summed E-state index contributed by atoms with van der Waals surface area (Å²) in [5, 5.41) is 3.63. The third kappa shape index (κ3) is 3.12. The van der Waals surface area contributed by atoms with Gasteiger partial charge >= 0.3 is 0 Å². The number of aromatic nitrogens is 1. The van der Waals surface area contributed by atoms with Gasteiger partial charge in [0.15, 0.2) is 0 Å². The first-order valence-electron chi connectivity index (χ1n) is 10.0. The maximum absolute atomic E-state index is 15.5. The summed E-state index contributed by atoms with van der Waals surface area (Å²) < 4.78 is 15.5. The second-order valence-electron chi connectivity index (χ2n) is 9.04. The zero-order chi connectivity index (χ0) is 22.7. The fourth-order valence-corrected chi connectivity index (χ4v) is 5.33. The summed E-state index contributed by atoms with van der Waals surface area (Å²) in [5.41, 5.74) is 11.7. The van der Waals surface area contributed by atoms with E-state index < -0.39 is 22.6 Å². The lowest BCUT2D eigenvalue weighted by Gasteiger charge is -2.27. The topological polar surface area (TPSA) is 114 Å². The summed E-state index contributed by atoms with van der Waals surface area (Å²) in [6, 6.07) is 3.00. The van der Waals surface area contributed by atoms with E-state index in [4.69, 9.17) is 23.1 Å². The summed E-state index contributed by atoms with van der Waals surface area (Å²) in [5.74, 6) is -0.985. The Bertz CT molecular complexity index is 1120. The number of pyridine rings is 1. The smallest absolute Gasteiger partial charge is 0.258 e. The first kappa shape index (κ1) is 21.4. The Kier molecular flexibility index (Phi) is 4.88. The van der Waals surface area contributed by atoms with Crippen LogP contribution in [0.1, 0.15) is 42.1 Å². The van der Waals surface area contributed by atoms with E-state index >= 15 is 4.39 Å². The SMILES string of the molecule is CN(C)C(=O)c1c(N)ccc(-c2cnc3c(c2Cl)[C@]2(CC[C@](C)(C(N)=O)C2)CN3)c1F. The molecule has 1 aliphatic heterocycles. The molecule has 7 nitrogen and oxygen atoms in total. The number of halogens is 2. The van der Waals surface area contributed by atoms with Crippen molar-refractivity contribution in [3.05, 3.63) is 40.3 Å². The molecule has 31 heavy (non-hydrogen) atoms. The van der Waals surface area contributed by atoms with Crippen molar-refractivity contribution < 1.29 is 14.0 Å². The van der Waals surface area contributed by atoms with Crippen LogP contribution in [0.2, 0.25) is 5.02 Å². The molecule has 5 N–H and O–H groups in total. The lowest BCUT2D eigenvalue weighted by atomic mass is 9.76. The second kappa shape index (κ2) is 7.09. The number of rotatable bonds is 3. The van der Waals surface area contributed by atoms with Crippen molar-refractivity contribution in [2.24, 2.45) is 11.1 Å². The highest BCUT2D eigenvalue weighted by Crippen LogP contribution is 2.57. The van der Waals surface area contributed by atoms with Crippen molar-refractivity contribution in [2.75, 3.05) is 31.7 Å². The Labute approximate surface area is 184 Å². The number of nitrogen functional groups attached to an aromatic ring is 1. The van der Waals surface area contributed by atoms with Crippen LogP contribution in [-0.2, 0) is 10.2 Å². The van der Waals surface area contributed by atoms with Gasteiger partial charge in [-0.25, -0.2) is 9.37 Å². The number of fused-ring (bicyclic) bond motifs is 2. The van der Waals surface area contributed by atoms with E-state index in [2.05, 4.69) is 10.3 Å². The quantitative estimate of drug-likeness (QED) is 0.628. The van der Waals surface area contributed by atoms with Crippen molar-refractivity contribution in [1.82, 2.24) is 9.88 Å². The van der Waals surface area contributed by atoms with Crippen LogP contribution >= 0.6 is 11.6 Å². The van der Waals surface area contributed by atoms with Crippen molar-refractivity contribution in [2.45, 2.75) is 31.6 Å². The molecule has 1 fully saturated rings. The number of hydrogen-bond donors (Lipinski definition) is 3. The van der Waals surface area contributed by atoms with Crippen LogP contribution in [0.5, 0.6) is 0 Å². The van der Waals surface area contributed by atoms with Gasteiger partial charge in [-0.1, -0.05) is 18.5 Å². The van der Waals surface area contributed by atoms with Crippen LogP contribution in [0.4, 0.5) is 15.9 Å². The minimum Gasteiger partial charge on any atom is -0.398 e. The molecule has 9 heteroatoms. The lowest BCUT2D eigenvalue weighted by molar-refractivity contribution is -0.126. The minimum atomic E-state index is -0.740. The van der Waals surface area contributed by atoms with Crippen molar-refractivity contribution in [1.29, 1.82) is 0 Å². The molecule has 0 saturated heterocycles. The molecule has 2 aromatic rings. The number of anilines is 2. The highest BCUT2D eigenvalue weighted by Gasteiger charge is 2.53. The number of primary amides is 1. The molecule has 1 aliphatic carbocycles. The van der Waals surface area contributed by atoms with E-state index in [9.17, 15) is 9.59 Å². The van der Waals surface area contributed by atoms with Gasteiger partial charge in [0.1, 0.15) is 11.6 Å². The first-order chi connectivity index (χ1) is 14.5. The van der Waals surface area contributed by atoms with Gasteiger partial charge in [0, 0.05) is 60.0 Å². The van der Waals surface area contributed by atoms with E-state index in [-0.39, 0.29) is 22.7 Å². The maximum Gasteiger partial charge on any atom is 0.258 e. The summed E-state index contributed by atoms with van der Waals surface area (Å²) >= 11 is 6.85. The molecule has 164 valence electrons. The van der Waals surface area contributed by atoms with Crippen LogP contribution in [0.25, 0.3) is 11.1 Å². The molecule has 2 amide bonds. The van der Waals surface area contributed by atoms with Gasteiger partial charge < -0.3 is 21.7 Å². The summed E-state index contributed by atoms with van der Waals surface area (Å²) in [4.78, 5) is 30.3. The summed E-state index contributed by atoms with van der Waals surface area (Å²) in [7, 11) is 3.06. The normalized spacial score (nSPS) is 24.2. The molecule has 2 atom stereocenters. The average molecular weight is 446 g/mol. The Morgan fingerprint density at radius 1 is 1.26 bits per heavy atom. The minimum absolute atomic E-state index is 0.0522. The highest BCUT2D eigenvalue weighted by molar-refractivity contribution is 6.34. The Morgan fingerprint density at radius 2 is 1.97 bits per heavy atom.